The van der Waals surface area contributed by atoms with E-state index in [2.05, 4.69) is 42.5 Å². The summed E-state index contributed by atoms with van der Waals surface area (Å²) < 4.78 is 5.14. The Morgan fingerprint density at radius 1 is 0.567 bits per heavy atom. The molecule has 0 aliphatic rings. The molecule has 0 atom stereocenters. The monoisotopic (exact) mass is 397 g/mol. The standard InChI is InChI=1S/C25H21BO3.H3N/c27-26(28)29-18-22-16-17-23(19-10-4-1-5-11-19)25(21-14-8-3-9-15-21)24(22)20-12-6-2-7-13-20;/h1-17,27-28H,18H2;1H3. The molecule has 4 aromatic rings. The van der Waals surface area contributed by atoms with Crippen LogP contribution in [0.1, 0.15) is 5.56 Å². The van der Waals surface area contributed by atoms with Crippen molar-refractivity contribution in [3.8, 4) is 33.4 Å². The third-order valence-corrected chi connectivity index (χ3v) is 4.89. The topological polar surface area (TPSA) is 84.7 Å². The first-order valence-electron chi connectivity index (χ1n) is 9.54. The van der Waals surface area contributed by atoms with Gasteiger partial charge in [0.15, 0.2) is 0 Å². The minimum absolute atomic E-state index is 0. The third-order valence-electron chi connectivity index (χ3n) is 4.89. The van der Waals surface area contributed by atoms with Crippen LogP contribution < -0.4 is 6.15 Å². The van der Waals surface area contributed by atoms with Gasteiger partial charge in [0.25, 0.3) is 0 Å². The molecule has 0 aliphatic carbocycles. The van der Waals surface area contributed by atoms with Crippen molar-refractivity contribution in [2.45, 2.75) is 6.61 Å². The van der Waals surface area contributed by atoms with Gasteiger partial charge in [-0.15, -0.1) is 0 Å². The molecule has 5 heteroatoms. The summed E-state index contributed by atoms with van der Waals surface area (Å²) in [6.45, 7) is 0.0940. The summed E-state index contributed by atoms with van der Waals surface area (Å²) >= 11 is 0. The van der Waals surface area contributed by atoms with E-state index in [0.717, 1.165) is 38.9 Å². The lowest BCUT2D eigenvalue weighted by molar-refractivity contribution is 0.177. The molecule has 0 aliphatic heterocycles. The van der Waals surface area contributed by atoms with Gasteiger partial charge >= 0.3 is 7.32 Å². The molecule has 150 valence electrons. The van der Waals surface area contributed by atoms with E-state index in [1.54, 1.807) is 0 Å². The van der Waals surface area contributed by atoms with Gasteiger partial charge in [0.2, 0.25) is 0 Å². The minimum Gasteiger partial charge on any atom is -0.402 e. The van der Waals surface area contributed by atoms with Gasteiger partial charge in [-0.1, -0.05) is 103 Å². The van der Waals surface area contributed by atoms with Crippen molar-refractivity contribution in [1.29, 1.82) is 0 Å². The Kier molecular flexibility index (Phi) is 7.17. The summed E-state index contributed by atoms with van der Waals surface area (Å²) in [6.07, 6.45) is 0. The van der Waals surface area contributed by atoms with E-state index >= 15 is 0 Å². The third kappa shape index (κ3) is 4.67. The molecule has 30 heavy (non-hydrogen) atoms. The first kappa shape index (κ1) is 21.5. The minimum atomic E-state index is -1.81. The van der Waals surface area contributed by atoms with Gasteiger partial charge in [0.1, 0.15) is 0 Å². The molecule has 0 fully saturated rings. The second kappa shape index (κ2) is 10.0. The highest BCUT2D eigenvalue weighted by atomic mass is 16.6. The van der Waals surface area contributed by atoms with Crippen LogP contribution >= 0.6 is 0 Å². The van der Waals surface area contributed by atoms with Crippen LogP contribution in [0.5, 0.6) is 0 Å². The lowest BCUT2D eigenvalue weighted by Crippen LogP contribution is -2.16. The number of hydrogen-bond donors (Lipinski definition) is 3. The van der Waals surface area contributed by atoms with Gasteiger partial charge < -0.3 is 20.9 Å². The van der Waals surface area contributed by atoms with Crippen LogP contribution in [-0.4, -0.2) is 17.4 Å². The molecule has 5 N–H and O–H groups in total. The van der Waals surface area contributed by atoms with Crippen LogP contribution in [0.25, 0.3) is 33.4 Å². The molecule has 0 spiro atoms. The SMILES string of the molecule is N.OB(O)OCc1ccc(-c2ccccc2)c(-c2ccccc2)c1-c1ccccc1. The normalized spacial score (nSPS) is 10.3. The summed E-state index contributed by atoms with van der Waals surface area (Å²) in [7, 11) is -1.81. The zero-order chi connectivity index (χ0) is 20.1. The van der Waals surface area contributed by atoms with Crippen LogP contribution in [-0.2, 0) is 11.3 Å². The van der Waals surface area contributed by atoms with Gasteiger partial charge in [0.05, 0.1) is 6.61 Å². The van der Waals surface area contributed by atoms with Gasteiger partial charge in [-0.3, -0.25) is 0 Å². The van der Waals surface area contributed by atoms with Crippen LogP contribution in [0.2, 0.25) is 0 Å². The quantitative estimate of drug-likeness (QED) is 0.384. The maximum Gasteiger partial charge on any atom is 0.634 e. The Morgan fingerprint density at radius 2 is 1.03 bits per heavy atom. The van der Waals surface area contributed by atoms with Crippen molar-refractivity contribution in [2.75, 3.05) is 0 Å². The molecule has 0 saturated heterocycles. The average molecular weight is 397 g/mol. The molecule has 4 nitrogen and oxygen atoms in total. The smallest absolute Gasteiger partial charge is 0.402 e. The molecule has 0 saturated carbocycles. The Bertz CT molecular complexity index is 1070. The Labute approximate surface area is 177 Å². The molecule has 0 unspecified atom stereocenters. The van der Waals surface area contributed by atoms with E-state index in [9.17, 15) is 10.0 Å². The van der Waals surface area contributed by atoms with Crippen LogP contribution in [0, 0.1) is 0 Å². The van der Waals surface area contributed by atoms with E-state index < -0.39 is 7.32 Å². The van der Waals surface area contributed by atoms with Crippen molar-refractivity contribution < 1.29 is 14.7 Å². The van der Waals surface area contributed by atoms with Crippen molar-refractivity contribution >= 4 is 7.32 Å². The van der Waals surface area contributed by atoms with E-state index in [0.29, 0.717) is 0 Å². The zero-order valence-corrected chi connectivity index (χ0v) is 16.6. The van der Waals surface area contributed by atoms with Gasteiger partial charge in [-0.25, -0.2) is 0 Å². The summed E-state index contributed by atoms with van der Waals surface area (Å²) in [4.78, 5) is 0. The zero-order valence-electron chi connectivity index (χ0n) is 16.6. The summed E-state index contributed by atoms with van der Waals surface area (Å²) in [5.41, 5.74) is 7.40. The van der Waals surface area contributed by atoms with E-state index in [-0.39, 0.29) is 12.8 Å². The number of benzene rings is 4. The molecule has 4 aromatic carbocycles. The predicted molar refractivity (Wildman–Crippen MR) is 123 cm³/mol. The Balaban J connectivity index is 0.00000256. The van der Waals surface area contributed by atoms with E-state index in [1.807, 2.05) is 60.7 Å². The van der Waals surface area contributed by atoms with Gasteiger partial charge in [-0.05, 0) is 38.9 Å². The Morgan fingerprint density at radius 3 is 1.53 bits per heavy atom. The van der Waals surface area contributed by atoms with Gasteiger partial charge in [0, 0.05) is 0 Å². The number of hydrogen-bond acceptors (Lipinski definition) is 4. The van der Waals surface area contributed by atoms with Crippen molar-refractivity contribution in [2.24, 2.45) is 0 Å². The second-order valence-electron chi connectivity index (χ2n) is 6.76. The van der Waals surface area contributed by atoms with E-state index in [1.165, 1.54) is 0 Å². The second-order valence-corrected chi connectivity index (χ2v) is 6.76. The highest BCUT2D eigenvalue weighted by Gasteiger charge is 2.19. The van der Waals surface area contributed by atoms with Crippen molar-refractivity contribution in [3.05, 3.63) is 109 Å². The molecule has 0 bridgehead atoms. The first-order chi connectivity index (χ1) is 14.2. The van der Waals surface area contributed by atoms with Crippen LogP contribution in [0.15, 0.2) is 103 Å². The molecular weight excluding hydrogens is 373 g/mol. The predicted octanol–water partition coefficient (Wildman–Crippen LogP) is 5.34. The summed E-state index contributed by atoms with van der Waals surface area (Å²) in [5.74, 6) is 0. The lowest BCUT2D eigenvalue weighted by atomic mass is 9.85. The van der Waals surface area contributed by atoms with Crippen LogP contribution in [0.4, 0.5) is 0 Å². The summed E-state index contributed by atoms with van der Waals surface area (Å²) in [5, 5.41) is 18.5. The molecule has 4 rings (SSSR count). The maximum absolute atomic E-state index is 9.23. The largest absolute Gasteiger partial charge is 0.634 e. The lowest BCUT2D eigenvalue weighted by Gasteiger charge is -2.20. The molecule has 0 radical (unpaired) electrons. The van der Waals surface area contributed by atoms with Crippen molar-refractivity contribution in [1.82, 2.24) is 6.15 Å². The summed E-state index contributed by atoms with van der Waals surface area (Å²) in [6, 6.07) is 34.7. The van der Waals surface area contributed by atoms with Crippen molar-refractivity contribution in [3.63, 3.8) is 0 Å². The fraction of sp³-hybridized carbons (Fsp3) is 0.0400. The highest BCUT2D eigenvalue weighted by Crippen LogP contribution is 2.42. The van der Waals surface area contributed by atoms with E-state index in [4.69, 9.17) is 4.65 Å². The average Bonchev–Trinajstić information content (AvgIpc) is 2.78. The highest BCUT2D eigenvalue weighted by molar-refractivity contribution is 6.32. The molecular formula is C25H24BNO3. The number of rotatable bonds is 6. The van der Waals surface area contributed by atoms with Crippen LogP contribution in [0.3, 0.4) is 0 Å². The fourth-order valence-electron chi connectivity index (χ4n) is 3.63. The Hall–Kier alpha value is -3.22. The maximum atomic E-state index is 9.23. The fourth-order valence-corrected chi connectivity index (χ4v) is 3.63. The first-order valence-corrected chi connectivity index (χ1v) is 9.54. The van der Waals surface area contributed by atoms with Gasteiger partial charge in [-0.2, -0.15) is 0 Å². The molecule has 0 aromatic heterocycles. The molecule has 0 amide bonds. The molecule has 0 heterocycles.